The average molecular weight is 319 g/mol. The highest BCUT2D eigenvalue weighted by molar-refractivity contribution is 8.00. The summed E-state index contributed by atoms with van der Waals surface area (Å²) in [6.07, 6.45) is 3.12. The molecule has 3 rings (SSSR count). The lowest BCUT2D eigenvalue weighted by Crippen LogP contribution is -2.43. The fraction of sp³-hybridized carbons (Fsp3) is 0.0714. The van der Waals surface area contributed by atoms with E-state index in [2.05, 4.69) is 20.8 Å². The van der Waals surface area contributed by atoms with Gasteiger partial charge >= 0.3 is 0 Å². The third-order valence-electron chi connectivity index (χ3n) is 2.79. The maximum absolute atomic E-state index is 11.9. The number of benzene rings is 1. The van der Waals surface area contributed by atoms with E-state index in [9.17, 15) is 4.79 Å². The van der Waals surface area contributed by atoms with Gasteiger partial charge in [0.25, 0.3) is 5.91 Å². The van der Waals surface area contributed by atoms with E-state index >= 15 is 0 Å². The Morgan fingerprint density at radius 1 is 1.33 bits per heavy atom. The smallest absolute Gasteiger partial charge is 0.271 e. The van der Waals surface area contributed by atoms with E-state index in [1.807, 2.05) is 12.1 Å². The molecule has 0 saturated carbocycles. The Labute approximate surface area is 130 Å². The largest absolute Gasteiger partial charge is 0.284 e. The number of carbonyl (C=O) groups is 1. The molecule has 7 heteroatoms. The van der Waals surface area contributed by atoms with Crippen molar-refractivity contribution in [3.8, 4) is 0 Å². The summed E-state index contributed by atoms with van der Waals surface area (Å²) in [7, 11) is 0. The molecule has 0 saturated heterocycles. The summed E-state index contributed by atoms with van der Waals surface area (Å²) in [6.45, 7) is 0. The van der Waals surface area contributed by atoms with Crippen molar-refractivity contribution >= 4 is 40.8 Å². The van der Waals surface area contributed by atoms with Gasteiger partial charge in [-0.1, -0.05) is 11.6 Å². The highest BCUT2D eigenvalue weighted by Crippen LogP contribution is 2.35. The van der Waals surface area contributed by atoms with Crippen LogP contribution >= 0.6 is 23.4 Å². The molecule has 2 N–H and O–H groups in total. The molecule has 0 unspecified atom stereocenters. The number of thioether (sulfide) groups is 1. The number of fused-ring (bicyclic) bond motifs is 1. The number of nitrogens with one attached hydrogen (secondary N) is 2. The summed E-state index contributed by atoms with van der Waals surface area (Å²) in [5.74, 6) is 1.07. The van der Waals surface area contributed by atoms with Crippen molar-refractivity contribution in [3.63, 3.8) is 0 Å². The number of carbonyl (C=O) groups excluding carboxylic acids is 1. The van der Waals surface area contributed by atoms with Gasteiger partial charge in [-0.3, -0.25) is 20.6 Å². The highest BCUT2D eigenvalue weighted by Gasteiger charge is 2.13. The Balaban J connectivity index is 1.67. The maximum Gasteiger partial charge on any atom is 0.271 e. The maximum atomic E-state index is 11.9. The molecule has 1 aliphatic heterocycles. The monoisotopic (exact) mass is 318 g/mol. The zero-order valence-corrected chi connectivity index (χ0v) is 12.4. The molecule has 0 fully saturated rings. The van der Waals surface area contributed by atoms with Gasteiger partial charge in [-0.05, 0) is 30.3 Å². The normalized spacial score (nSPS) is 13.1. The predicted octanol–water partition coefficient (Wildman–Crippen LogP) is 2.81. The third-order valence-corrected chi connectivity index (χ3v) is 4.08. The molecule has 1 aromatic heterocycles. The van der Waals surface area contributed by atoms with Crippen molar-refractivity contribution in [1.82, 2.24) is 15.8 Å². The van der Waals surface area contributed by atoms with Gasteiger partial charge in [0.05, 0.1) is 17.0 Å². The van der Waals surface area contributed by atoms with E-state index in [-0.39, 0.29) is 5.91 Å². The quantitative estimate of drug-likeness (QED) is 0.793. The van der Waals surface area contributed by atoms with Crippen LogP contribution in [-0.2, 0) is 0 Å². The molecule has 0 radical (unpaired) electrons. The van der Waals surface area contributed by atoms with Crippen LogP contribution in [0.15, 0.2) is 52.6 Å². The number of hydrogen-bond donors (Lipinski definition) is 2. The molecule has 21 heavy (non-hydrogen) atoms. The summed E-state index contributed by atoms with van der Waals surface area (Å²) < 4.78 is 0. The second-order valence-corrected chi connectivity index (χ2v) is 5.73. The number of aromatic nitrogens is 1. The summed E-state index contributed by atoms with van der Waals surface area (Å²) in [6, 6.07) is 8.94. The molecule has 0 aliphatic carbocycles. The van der Waals surface area contributed by atoms with Crippen LogP contribution in [0.1, 0.15) is 10.4 Å². The van der Waals surface area contributed by atoms with Gasteiger partial charge in [-0.25, -0.2) is 4.99 Å². The number of halogens is 1. The van der Waals surface area contributed by atoms with Crippen LogP contribution in [0.3, 0.4) is 0 Å². The number of rotatable bonds is 1. The molecular weight excluding hydrogens is 308 g/mol. The van der Waals surface area contributed by atoms with E-state index < -0.39 is 0 Å². The third kappa shape index (κ3) is 3.34. The Morgan fingerprint density at radius 2 is 2.24 bits per heavy atom. The molecule has 1 aliphatic rings. The number of pyridine rings is 1. The van der Waals surface area contributed by atoms with Crippen molar-refractivity contribution in [2.75, 3.05) is 5.75 Å². The lowest BCUT2D eigenvalue weighted by atomic mass is 10.3. The van der Waals surface area contributed by atoms with Crippen molar-refractivity contribution in [1.29, 1.82) is 0 Å². The Kier molecular flexibility index (Phi) is 4.08. The molecule has 0 bridgehead atoms. The molecule has 106 valence electrons. The Morgan fingerprint density at radius 3 is 3.05 bits per heavy atom. The van der Waals surface area contributed by atoms with Gasteiger partial charge in [0, 0.05) is 22.3 Å². The van der Waals surface area contributed by atoms with Crippen LogP contribution < -0.4 is 10.9 Å². The Bertz CT molecular complexity index is 705. The van der Waals surface area contributed by atoms with Crippen LogP contribution in [-0.4, -0.2) is 22.5 Å². The van der Waals surface area contributed by atoms with E-state index in [0.29, 0.717) is 22.2 Å². The van der Waals surface area contributed by atoms with E-state index in [0.717, 1.165) is 10.6 Å². The summed E-state index contributed by atoms with van der Waals surface area (Å²) in [4.78, 5) is 21.3. The first-order valence-electron chi connectivity index (χ1n) is 6.19. The lowest BCUT2D eigenvalue weighted by molar-refractivity contribution is 0.0943. The first kappa shape index (κ1) is 13.9. The van der Waals surface area contributed by atoms with Crippen molar-refractivity contribution < 1.29 is 4.79 Å². The second-order valence-electron chi connectivity index (χ2n) is 4.28. The minimum absolute atomic E-state index is 0.252. The van der Waals surface area contributed by atoms with Gasteiger partial charge in [-0.15, -0.1) is 11.8 Å². The van der Waals surface area contributed by atoms with Crippen molar-refractivity contribution in [3.05, 3.63) is 53.3 Å². The fourth-order valence-electron chi connectivity index (χ4n) is 1.78. The number of aliphatic imine (C=N–C) groups is 1. The number of nitrogens with zero attached hydrogens (tertiary/aromatic N) is 2. The van der Waals surface area contributed by atoms with Gasteiger partial charge in [0.2, 0.25) is 0 Å². The summed E-state index contributed by atoms with van der Waals surface area (Å²) in [5, 5.41) is 0.692. The van der Waals surface area contributed by atoms with Crippen molar-refractivity contribution in [2.45, 2.75) is 4.90 Å². The molecule has 5 nitrogen and oxygen atoms in total. The summed E-state index contributed by atoms with van der Waals surface area (Å²) >= 11 is 7.56. The van der Waals surface area contributed by atoms with Gasteiger partial charge in [0.1, 0.15) is 5.84 Å². The molecular formula is C14H11ClN4OS. The number of hydrazine groups is 1. The lowest BCUT2D eigenvalue weighted by Gasteiger charge is -2.17. The highest BCUT2D eigenvalue weighted by atomic mass is 35.5. The van der Waals surface area contributed by atoms with Crippen LogP contribution in [0.5, 0.6) is 0 Å². The number of amidine groups is 1. The van der Waals surface area contributed by atoms with Gasteiger partial charge in [0.15, 0.2) is 0 Å². The van der Waals surface area contributed by atoms with Crippen LogP contribution in [0.4, 0.5) is 5.69 Å². The fourth-order valence-corrected chi connectivity index (χ4v) is 2.92. The number of amides is 1. The standard InChI is InChI=1S/C14H11ClN4OS/c15-10-3-4-11-12(6-10)21-8-13(17-11)18-19-14(20)9-2-1-5-16-7-9/h1-7H,8H2,(H,17,18)(H,19,20). The predicted molar refractivity (Wildman–Crippen MR) is 84.1 cm³/mol. The van der Waals surface area contributed by atoms with Crippen LogP contribution in [0.25, 0.3) is 0 Å². The molecule has 1 aromatic carbocycles. The average Bonchev–Trinajstić information content (AvgIpc) is 2.53. The summed E-state index contributed by atoms with van der Waals surface area (Å²) in [5.41, 5.74) is 6.78. The molecule has 1 amide bonds. The first-order chi connectivity index (χ1) is 10.2. The topological polar surface area (TPSA) is 66.4 Å². The van der Waals surface area contributed by atoms with Crippen molar-refractivity contribution in [2.24, 2.45) is 4.99 Å². The van der Waals surface area contributed by atoms with Gasteiger partial charge in [-0.2, -0.15) is 0 Å². The molecule has 2 aromatic rings. The molecule has 2 heterocycles. The molecule has 0 atom stereocenters. The number of hydrogen-bond acceptors (Lipinski definition) is 5. The first-order valence-corrected chi connectivity index (χ1v) is 7.55. The van der Waals surface area contributed by atoms with Gasteiger partial charge < -0.3 is 0 Å². The zero-order chi connectivity index (χ0) is 14.7. The van der Waals surface area contributed by atoms with E-state index in [4.69, 9.17) is 11.6 Å². The zero-order valence-electron chi connectivity index (χ0n) is 10.8. The van der Waals surface area contributed by atoms with E-state index in [1.165, 1.54) is 6.20 Å². The Hall–Kier alpha value is -2.05. The SMILES string of the molecule is O=C(NNC1=Nc2ccc(Cl)cc2SC1)c1cccnc1. The minimum atomic E-state index is -0.252. The molecule has 0 spiro atoms. The van der Waals surface area contributed by atoms with Crippen LogP contribution in [0.2, 0.25) is 5.02 Å². The van der Waals surface area contributed by atoms with E-state index in [1.54, 1.807) is 36.2 Å². The minimum Gasteiger partial charge on any atom is -0.284 e. The van der Waals surface area contributed by atoms with Crippen LogP contribution in [0, 0.1) is 0 Å². The second kappa shape index (κ2) is 6.15.